The van der Waals surface area contributed by atoms with Crippen LogP contribution >= 0.6 is 11.8 Å². The van der Waals surface area contributed by atoms with Gasteiger partial charge in [-0.2, -0.15) is 20.5 Å². The Hall–Kier alpha value is -2.81. The van der Waals surface area contributed by atoms with Crippen molar-refractivity contribution in [2.24, 2.45) is 0 Å². The molecule has 0 bridgehead atoms. The fraction of sp³-hybridized carbons (Fsp3) is 0.391. The number of halogens is 2. The van der Waals surface area contributed by atoms with E-state index in [2.05, 4.69) is 17.0 Å². The van der Waals surface area contributed by atoms with E-state index in [1.165, 1.54) is 16.7 Å². The zero-order chi connectivity index (χ0) is 22.9. The number of hydrogen-bond donors (Lipinski definition) is 1. The van der Waals surface area contributed by atoms with Gasteiger partial charge in [0.2, 0.25) is 0 Å². The summed E-state index contributed by atoms with van der Waals surface area (Å²) < 4.78 is 32.7. The van der Waals surface area contributed by atoms with Gasteiger partial charge in [0.05, 0.1) is 16.7 Å². The number of nitrogens with one attached hydrogen (secondary N) is 1. The van der Waals surface area contributed by atoms with Gasteiger partial charge < -0.3 is 10.1 Å². The van der Waals surface area contributed by atoms with Crippen molar-refractivity contribution in [3.63, 3.8) is 0 Å². The average molecular weight is 462 g/mol. The minimum absolute atomic E-state index is 0.0308. The van der Waals surface area contributed by atoms with Gasteiger partial charge in [0.25, 0.3) is 5.91 Å². The highest BCUT2D eigenvalue weighted by Gasteiger charge is 2.29. The lowest BCUT2D eigenvalue weighted by Gasteiger charge is -2.34. The number of rotatable bonds is 6. The zero-order valence-corrected chi connectivity index (χ0v) is 18.8. The molecule has 1 N–H and O–H groups in total. The highest BCUT2D eigenvalue weighted by atomic mass is 32.2. The number of carbonyl (C=O) groups is 1. The van der Waals surface area contributed by atoms with Gasteiger partial charge in [-0.1, -0.05) is 6.07 Å². The second-order valence-electron chi connectivity index (χ2n) is 8.07. The third kappa shape index (κ3) is 4.39. The Morgan fingerprint density at radius 1 is 1.19 bits per heavy atom. The SMILES string of the molecule is CCn1c(=O)n(-c2cccc(OC(F)F)c2)c2ccc(C(=O)NC3(C)CCSCC3)cc21. The molecular weight excluding hydrogens is 436 g/mol. The van der Waals surface area contributed by atoms with Gasteiger partial charge in [0, 0.05) is 23.7 Å². The van der Waals surface area contributed by atoms with Gasteiger partial charge in [-0.3, -0.25) is 13.9 Å². The Bertz CT molecular complexity index is 1200. The third-order valence-electron chi connectivity index (χ3n) is 5.82. The highest BCUT2D eigenvalue weighted by Crippen LogP contribution is 2.27. The van der Waals surface area contributed by atoms with Crippen LogP contribution in [0.3, 0.4) is 0 Å². The summed E-state index contributed by atoms with van der Waals surface area (Å²) in [7, 11) is 0. The maximum atomic E-state index is 13.1. The van der Waals surface area contributed by atoms with Crippen LogP contribution in [-0.2, 0) is 6.54 Å². The van der Waals surface area contributed by atoms with Crippen LogP contribution in [0.15, 0.2) is 47.3 Å². The Morgan fingerprint density at radius 3 is 2.62 bits per heavy atom. The number of aryl methyl sites for hydroxylation is 1. The molecule has 0 atom stereocenters. The Balaban J connectivity index is 1.74. The van der Waals surface area contributed by atoms with Gasteiger partial charge >= 0.3 is 12.3 Å². The molecule has 0 unspecified atom stereocenters. The second-order valence-corrected chi connectivity index (χ2v) is 9.29. The van der Waals surface area contributed by atoms with Crippen molar-refractivity contribution in [2.75, 3.05) is 11.5 Å². The zero-order valence-electron chi connectivity index (χ0n) is 17.9. The molecule has 0 aliphatic carbocycles. The van der Waals surface area contributed by atoms with E-state index in [0.717, 1.165) is 24.3 Å². The number of hydrogen-bond acceptors (Lipinski definition) is 4. The van der Waals surface area contributed by atoms with E-state index in [1.54, 1.807) is 34.9 Å². The number of ether oxygens (including phenoxy) is 1. The second kappa shape index (κ2) is 8.97. The largest absolute Gasteiger partial charge is 0.435 e. The third-order valence-corrected chi connectivity index (χ3v) is 6.81. The Kier molecular flexibility index (Phi) is 6.28. The van der Waals surface area contributed by atoms with Crippen LogP contribution in [0, 0.1) is 0 Å². The Labute approximate surface area is 188 Å². The quantitative estimate of drug-likeness (QED) is 0.590. The molecule has 1 aliphatic heterocycles. The standard InChI is InChI=1S/C23H25F2N3O3S/c1-3-27-19-13-15(20(29)26-23(2)9-11-32-12-10-23)7-8-18(19)28(22(27)30)16-5-4-6-17(14-16)31-21(24)25/h4-8,13-14,21H,3,9-12H2,1-2H3,(H,26,29). The van der Waals surface area contributed by atoms with Crippen molar-refractivity contribution in [3.05, 3.63) is 58.5 Å². The van der Waals surface area contributed by atoms with Gasteiger partial charge in [-0.25, -0.2) is 4.79 Å². The molecule has 3 aromatic rings. The van der Waals surface area contributed by atoms with Crippen LogP contribution in [0.25, 0.3) is 16.7 Å². The monoisotopic (exact) mass is 461 g/mol. The van der Waals surface area contributed by atoms with Crippen LogP contribution in [-0.4, -0.2) is 38.7 Å². The van der Waals surface area contributed by atoms with Crippen molar-refractivity contribution in [3.8, 4) is 11.4 Å². The lowest BCUT2D eigenvalue weighted by atomic mass is 9.94. The van der Waals surface area contributed by atoms with Crippen LogP contribution in [0.4, 0.5) is 8.78 Å². The molecule has 4 rings (SSSR count). The van der Waals surface area contributed by atoms with Gasteiger partial charge in [0.15, 0.2) is 0 Å². The summed E-state index contributed by atoms with van der Waals surface area (Å²) in [6, 6.07) is 11.1. The van der Waals surface area contributed by atoms with Crippen molar-refractivity contribution < 1.29 is 18.3 Å². The van der Waals surface area contributed by atoms with E-state index in [1.807, 2.05) is 18.7 Å². The van der Waals surface area contributed by atoms with Crippen LogP contribution < -0.4 is 15.7 Å². The summed E-state index contributed by atoms with van der Waals surface area (Å²) >= 11 is 1.89. The molecule has 0 radical (unpaired) electrons. The molecule has 32 heavy (non-hydrogen) atoms. The molecule has 0 saturated carbocycles. The molecule has 1 aromatic heterocycles. The van der Waals surface area contributed by atoms with Crippen molar-refractivity contribution in [1.82, 2.24) is 14.5 Å². The topological polar surface area (TPSA) is 65.3 Å². The maximum absolute atomic E-state index is 13.1. The van der Waals surface area contributed by atoms with Gasteiger partial charge in [-0.05, 0) is 68.5 Å². The molecule has 0 spiro atoms. The first-order valence-electron chi connectivity index (χ1n) is 10.5. The number of aromatic nitrogens is 2. The predicted octanol–water partition coefficient (Wildman–Crippen LogP) is 4.43. The number of fused-ring (bicyclic) bond motifs is 1. The minimum Gasteiger partial charge on any atom is -0.435 e. The molecule has 170 valence electrons. The number of benzene rings is 2. The highest BCUT2D eigenvalue weighted by molar-refractivity contribution is 7.99. The van der Waals surface area contributed by atoms with Crippen molar-refractivity contribution >= 4 is 28.7 Å². The summed E-state index contributed by atoms with van der Waals surface area (Å²) in [5.74, 6) is 1.83. The fourth-order valence-electron chi connectivity index (χ4n) is 4.04. The van der Waals surface area contributed by atoms with E-state index >= 15 is 0 Å². The minimum atomic E-state index is -2.95. The van der Waals surface area contributed by atoms with Gasteiger partial charge in [0.1, 0.15) is 5.75 Å². The first-order valence-corrected chi connectivity index (χ1v) is 11.7. The van der Waals surface area contributed by atoms with Crippen LogP contribution in [0.2, 0.25) is 0 Å². The van der Waals surface area contributed by atoms with E-state index < -0.39 is 6.61 Å². The first-order chi connectivity index (χ1) is 15.3. The molecule has 2 heterocycles. The number of thioether (sulfide) groups is 1. The summed E-state index contributed by atoms with van der Waals surface area (Å²) in [4.78, 5) is 26.1. The number of carbonyl (C=O) groups excluding carboxylic acids is 1. The summed E-state index contributed by atoms with van der Waals surface area (Å²) in [5, 5.41) is 3.16. The molecule has 9 heteroatoms. The molecule has 6 nitrogen and oxygen atoms in total. The van der Waals surface area contributed by atoms with Crippen LogP contribution in [0.1, 0.15) is 37.0 Å². The molecule has 1 amide bonds. The van der Waals surface area contributed by atoms with Crippen molar-refractivity contribution in [2.45, 2.75) is 45.4 Å². The number of imidazole rings is 1. The molecule has 1 saturated heterocycles. The number of amides is 1. The number of nitrogens with zero attached hydrogens (tertiary/aromatic N) is 2. The smallest absolute Gasteiger partial charge is 0.387 e. The molecule has 1 fully saturated rings. The summed E-state index contributed by atoms with van der Waals surface area (Å²) in [6.07, 6.45) is 1.83. The Morgan fingerprint density at radius 2 is 1.94 bits per heavy atom. The summed E-state index contributed by atoms with van der Waals surface area (Å²) in [5.41, 5.74) is 1.53. The lowest BCUT2D eigenvalue weighted by molar-refractivity contribution is -0.0498. The van der Waals surface area contributed by atoms with E-state index in [-0.39, 0.29) is 22.9 Å². The lowest BCUT2D eigenvalue weighted by Crippen LogP contribution is -2.48. The molecular formula is C23H25F2N3O3S. The van der Waals surface area contributed by atoms with Crippen LogP contribution in [0.5, 0.6) is 5.75 Å². The van der Waals surface area contributed by atoms with E-state index in [4.69, 9.17) is 0 Å². The normalized spacial score (nSPS) is 15.8. The van der Waals surface area contributed by atoms with Gasteiger partial charge in [-0.15, -0.1) is 0 Å². The summed E-state index contributed by atoms with van der Waals surface area (Å²) in [6.45, 7) is 1.35. The fourth-order valence-corrected chi connectivity index (χ4v) is 5.44. The molecule has 2 aromatic carbocycles. The predicted molar refractivity (Wildman–Crippen MR) is 122 cm³/mol. The first kappa shape index (κ1) is 22.4. The number of alkyl halides is 2. The maximum Gasteiger partial charge on any atom is 0.387 e. The van der Waals surface area contributed by atoms with E-state index in [0.29, 0.717) is 28.8 Å². The van der Waals surface area contributed by atoms with Crippen molar-refractivity contribution in [1.29, 1.82) is 0 Å². The molecule has 1 aliphatic rings. The van der Waals surface area contributed by atoms with E-state index in [9.17, 15) is 18.4 Å². The average Bonchev–Trinajstić information content (AvgIpc) is 3.03.